The van der Waals surface area contributed by atoms with Gasteiger partial charge in [0.1, 0.15) is 11.6 Å². The van der Waals surface area contributed by atoms with E-state index in [1.54, 1.807) is 13.0 Å². The second-order valence-electron chi connectivity index (χ2n) is 4.01. The molecule has 0 aromatic heterocycles. The van der Waals surface area contributed by atoms with Crippen LogP contribution in [0.25, 0.3) is 11.1 Å². The summed E-state index contributed by atoms with van der Waals surface area (Å²) in [7, 11) is 0. The van der Waals surface area contributed by atoms with Crippen molar-refractivity contribution in [3.8, 4) is 11.1 Å². The van der Waals surface area contributed by atoms with Gasteiger partial charge in [0.25, 0.3) is 0 Å². The minimum absolute atomic E-state index is 0.181. The fourth-order valence-electron chi connectivity index (χ4n) is 1.84. The van der Waals surface area contributed by atoms with Gasteiger partial charge in [-0.2, -0.15) is 0 Å². The third-order valence-corrected chi connectivity index (χ3v) is 2.57. The van der Waals surface area contributed by atoms with Gasteiger partial charge in [0.05, 0.1) is 5.56 Å². The minimum Gasteiger partial charge on any atom is -0.478 e. The number of hydrogen-bond acceptors (Lipinski definition) is 1. The lowest BCUT2D eigenvalue weighted by Crippen LogP contribution is -2.00. The Morgan fingerprint density at radius 2 is 1.78 bits per heavy atom. The van der Waals surface area contributed by atoms with Crippen LogP contribution in [0, 0.1) is 18.6 Å². The lowest BCUT2D eigenvalue weighted by atomic mass is 9.98. The monoisotopic (exact) mass is 248 g/mol. The van der Waals surface area contributed by atoms with E-state index in [0.29, 0.717) is 16.7 Å². The average molecular weight is 248 g/mol. The number of carboxylic acids is 1. The number of carboxylic acid groups (broad SMARTS) is 1. The second-order valence-corrected chi connectivity index (χ2v) is 4.01. The lowest BCUT2D eigenvalue weighted by Gasteiger charge is -2.07. The van der Waals surface area contributed by atoms with Gasteiger partial charge in [-0.1, -0.05) is 12.1 Å². The highest BCUT2D eigenvalue weighted by Crippen LogP contribution is 2.26. The Hall–Kier alpha value is -2.23. The van der Waals surface area contributed by atoms with E-state index >= 15 is 0 Å². The van der Waals surface area contributed by atoms with Crippen molar-refractivity contribution in [1.82, 2.24) is 0 Å². The largest absolute Gasteiger partial charge is 0.478 e. The van der Waals surface area contributed by atoms with Crippen molar-refractivity contribution in [2.24, 2.45) is 0 Å². The number of aryl methyl sites for hydroxylation is 1. The molecule has 0 radical (unpaired) electrons. The third-order valence-electron chi connectivity index (χ3n) is 2.57. The van der Waals surface area contributed by atoms with Gasteiger partial charge in [0.15, 0.2) is 0 Å². The van der Waals surface area contributed by atoms with Crippen molar-refractivity contribution >= 4 is 5.97 Å². The number of aromatic carboxylic acids is 1. The van der Waals surface area contributed by atoms with Gasteiger partial charge >= 0.3 is 5.97 Å². The maximum Gasteiger partial charge on any atom is 0.336 e. The summed E-state index contributed by atoms with van der Waals surface area (Å²) in [6, 6.07) is 7.65. The van der Waals surface area contributed by atoms with Gasteiger partial charge in [-0.05, 0) is 47.9 Å². The molecule has 1 N–H and O–H groups in total. The molecule has 0 amide bonds. The summed E-state index contributed by atoms with van der Waals surface area (Å²) < 4.78 is 26.3. The quantitative estimate of drug-likeness (QED) is 0.880. The molecule has 92 valence electrons. The van der Waals surface area contributed by atoms with E-state index in [-0.39, 0.29) is 5.56 Å². The highest BCUT2D eigenvalue weighted by molar-refractivity contribution is 5.96. The molecule has 18 heavy (non-hydrogen) atoms. The Labute approximate surface area is 103 Å². The van der Waals surface area contributed by atoms with E-state index in [1.165, 1.54) is 18.2 Å². The van der Waals surface area contributed by atoms with Crippen molar-refractivity contribution in [1.29, 1.82) is 0 Å². The van der Waals surface area contributed by atoms with Crippen LogP contribution in [0.15, 0.2) is 36.4 Å². The van der Waals surface area contributed by atoms with Crippen LogP contribution in [0.2, 0.25) is 0 Å². The van der Waals surface area contributed by atoms with Gasteiger partial charge in [0, 0.05) is 0 Å². The van der Waals surface area contributed by atoms with Crippen molar-refractivity contribution in [3.63, 3.8) is 0 Å². The zero-order valence-corrected chi connectivity index (χ0v) is 9.58. The zero-order valence-electron chi connectivity index (χ0n) is 9.58. The van der Waals surface area contributed by atoms with E-state index in [2.05, 4.69) is 0 Å². The number of carbonyl (C=O) groups is 1. The third kappa shape index (κ3) is 2.37. The maximum absolute atomic E-state index is 13.3. The summed E-state index contributed by atoms with van der Waals surface area (Å²) in [4.78, 5) is 11.1. The Kier molecular flexibility index (Phi) is 3.10. The van der Waals surface area contributed by atoms with Crippen molar-refractivity contribution in [2.75, 3.05) is 0 Å². The minimum atomic E-state index is -1.24. The summed E-state index contributed by atoms with van der Waals surface area (Å²) >= 11 is 0. The molecule has 2 aromatic carbocycles. The van der Waals surface area contributed by atoms with Crippen LogP contribution in [0.3, 0.4) is 0 Å². The molecule has 0 fully saturated rings. The molecule has 0 aliphatic heterocycles. The van der Waals surface area contributed by atoms with Crippen molar-refractivity contribution in [3.05, 3.63) is 59.2 Å². The van der Waals surface area contributed by atoms with E-state index in [1.807, 2.05) is 0 Å². The molecule has 0 saturated heterocycles. The standard InChI is InChI=1S/C14H10F2O2/c1-8-4-9(6-11(16)5-8)12-3-2-10(15)7-13(12)14(17)18/h2-7H,1H3,(H,17,18). The van der Waals surface area contributed by atoms with Gasteiger partial charge in [-0.3, -0.25) is 0 Å². The summed E-state index contributed by atoms with van der Waals surface area (Å²) in [5.41, 5.74) is 1.21. The summed E-state index contributed by atoms with van der Waals surface area (Å²) in [6.07, 6.45) is 0. The highest BCUT2D eigenvalue weighted by atomic mass is 19.1. The van der Waals surface area contributed by atoms with Gasteiger partial charge < -0.3 is 5.11 Å². The SMILES string of the molecule is Cc1cc(F)cc(-c2ccc(F)cc2C(=O)O)c1. The van der Waals surface area contributed by atoms with Crippen molar-refractivity contribution < 1.29 is 18.7 Å². The molecule has 0 atom stereocenters. The van der Waals surface area contributed by atoms with Crippen LogP contribution in [0.5, 0.6) is 0 Å². The maximum atomic E-state index is 13.3. The summed E-state index contributed by atoms with van der Waals surface area (Å²) in [5, 5.41) is 9.03. The van der Waals surface area contributed by atoms with Gasteiger partial charge in [-0.15, -0.1) is 0 Å². The number of rotatable bonds is 2. The smallest absolute Gasteiger partial charge is 0.336 e. The van der Waals surface area contributed by atoms with E-state index in [0.717, 1.165) is 12.1 Å². The fraction of sp³-hybridized carbons (Fsp3) is 0.0714. The first-order valence-electron chi connectivity index (χ1n) is 5.28. The van der Waals surface area contributed by atoms with Crippen LogP contribution in [-0.2, 0) is 0 Å². The van der Waals surface area contributed by atoms with E-state index in [4.69, 9.17) is 5.11 Å². The van der Waals surface area contributed by atoms with Gasteiger partial charge in [-0.25, -0.2) is 13.6 Å². The molecule has 0 heterocycles. The Balaban J connectivity index is 2.66. The molecule has 0 spiro atoms. The molecule has 0 bridgehead atoms. The Morgan fingerprint density at radius 1 is 1.06 bits per heavy atom. The first-order valence-corrected chi connectivity index (χ1v) is 5.28. The first-order chi connectivity index (χ1) is 8.47. The van der Waals surface area contributed by atoms with Crippen LogP contribution in [0.4, 0.5) is 8.78 Å². The topological polar surface area (TPSA) is 37.3 Å². The van der Waals surface area contributed by atoms with Gasteiger partial charge in [0.2, 0.25) is 0 Å². The molecule has 0 aliphatic rings. The fourth-order valence-corrected chi connectivity index (χ4v) is 1.84. The predicted octanol–water partition coefficient (Wildman–Crippen LogP) is 3.64. The molecule has 0 unspecified atom stereocenters. The van der Waals surface area contributed by atoms with Crippen LogP contribution in [0.1, 0.15) is 15.9 Å². The number of halogens is 2. The molecule has 2 aromatic rings. The van der Waals surface area contributed by atoms with Crippen LogP contribution in [-0.4, -0.2) is 11.1 Å². The van der Waals surface area contributed by atoms with Crippen molar-refractivity contribution in [2.45, 2.75) is 6.92 Å². The molecule has 2 nitrogen and oxygen atoms in total. The molecular weight excluding hydrogens is 238 g/mol. The zero-order chi connectivity index (χ0) is 13.3. The Bertz CT molecular complexity index is 601. The molecule has 0 saturated carbocycles. The number of benzene rings is 2. The normalized spacial score (nSPS) is 10.4. The van der Waals surface area contributed by atoms with Crippen LogP contribution < -0.4 is 0 Å². The first kappa shape index (κ1) is 12.2. The highest BCUT2D eigenvalue weighted by Gasteiger charge is 2.13. The lowest BCUT2D eigenvalue weighted by molar-refractivity contribution is 0.0697. The van der Waals surface area contributed by atoms with E-state index in [9.17, 15) is 13.6 Å². The molecule has 2 rings (SSSR count). The summed E-state index contributed by atoms with van der Waals surface area (Å²) in [6.45, 7) is 1.70. The predicted molar refractivity (Wildman–Crippen MR) is 63.5 cm³/mol. The summed E-state index contributed by atoms with van der Waals surface area (Å²) in [5.74, 6) is -2.33. The average Bonchev–Trinajstić information content (AvgIpc) is 2.27. The van der Waals surface area contributed by atoms with E-state index < -0.39 is 17.6 Å². The molecule has 4 heteroatoms. The Morgan fingerprint density at radius 3 is 2.39 bits per heavy atom. The number of hydrogen-bond donors (Lipinski definition) is 1. The molecule has 0 aliphatic carbocycles. The second kappa shape index (κ2) is 4.56. The van der Waals surface area contributed by atoms with Crippen LogP contribution >= 0.6 is 0 Å². The molecular formula is C14H10F2O2.